The van der Waals surface area contributed by atoms with Crippen LogP contribution in [0.4, 0.5) is 15.8 Å². The minimum absolute atomic E-state index is 0.260. The van der Waals surface area contributed by atoms with Gasteiger partial charge in [-0.2, -0.15) is 0 Å². The van der Waals surface area contributed by atoms with Gasteiger partial charge in [0.25, 0.3) is 0 Å². The van der Waals surface area contributed by atoms with Gasteiger partial charge in [0.05, 0.1) is 51.4 Å². The SMILES string of the molecule is Cc1cncc(Nc2cc3nc4ccccc4n(-c4ccc(F)cc4)c-3cc2=NC2CC2)c1. The fourth-order valence-corrected chi connectivity index (χ4v) is 4.10. The van der Waals surface area contributed by atoms with Crippen LogP contribution in [0.3, 0.4) is 0 Å². The molecular formula is C27H22FN5. The highest BCUT2D eigenvalue weighted by atomic mass is 19.1. The lowest BCUT2D eigenvalue weighted by atomic mass is 10.1. The van der Waals surface area contributed by atoms with E-state index >= 15 is 0 Å². The van der Waals surface area contributed by atoms with Gasteiger partial charge in [-0.25, -0.2) is 9.37 Å². The van der Waals surface area contributed by atoms with E-state index in [1.54, 1.807) is 12.1 Å². The maximum Gasteiger partial charge on any atom is 0.123 e. The second kappa shape index (κ2) is 7.81. The fraction of sp³-hybridized carbons (Fsp3) is 0.148. The molecule has 0 unspecified atom stereocenters. The Labute approximate surface area is 190 Å². The van der Waals surface area contributed by atoms with Gasteiger partial charge in [0.1, 0.15) is 5.82 Å². The minimum Gasteiger partial charge on any atom is -0.352 e. The molecule has 0 amide bonds. The Morgan fingerprint density at radius 1 is 1.00 bits per heavy atom. The number of nitrogens with one attached hydrogen (secondary N) is 1. The predicted molar refractivity (Wildman–Crippen MR) is 128 cm³/mol. The van der Waals surface area contributed by atoms with Crippen molar-refractivity contribution in [3.63, 3.8) is 0 Å². The maximum absolute atomic E-state index is 13.7. The third-order valence-corrected chi connectivity index (χ3v) is 5.80. The van der Waals surface area contributed by atoms with Gasteiger partial charge in [-0.3, -0.25) is 9.98 Å². The molecule has 1 saturated carbocycles. The smallest absolute Gasteiger partial charge is 0.123 e. The number of anilines is 2. The lowest BCUT2D eigenvalue weighted by molar-refractivity contribution is 0.627. The molecule has 162 valence electrons. The summed E-state index contributed by atoms with van der Waals surface area (Å²) in [5, 5.41) is 4.39. The van der Waals surface area contributed by atoms with Crippen LogP contribution in [0.2, 0.25) is 0 Å². The highest BCUT2D eigenvalue weighted by molar-refractivity contribution is 5.84. The summed E-state index contributed by atoms with van der Waals surface area (Å²) in [5.41, 5.74) is 7.34. The highest BCUT2D eigenvalue weighted by Crippen LogP contribution is 2.31. The monoisotopic (exact) mass is 435 g/mol. The van der Waals surface area contributed by atoms with Crippen LogP contribution < -0.4 is 10.7 Å². The zero-order valence-corrected chi connectivity index (χ0v) is 18.2. The molecule has 0 bridgehead atoms. The first-order valence-electron chi connectivity index (χ1n) is 11.1. The summed E-state index contributed by atoms with van der Waals surface area (Å²) in [6.45, 7) is 2.02. The summed E-state index contributed by atoms with van der Waals surface area (Å²) in [4.78, 5) is 14.2. The molecule has 6 rings (SSSR count). The Hall–Kier alpha value is -4.06. The van der Waals surface area contributed by atoms with Crippen molar-refractivity contribution in [2.24, 2.45) is 4.99 Å². The Morgan fingerprint density at radius 3 is 2.61 bits per heavy atom. The van der Waals surface area contributed by atoms with Crippen molar-refractivity contribution in [2.45, 2.75) is 25.8 Å². The number of aryl methyl sites for hydroxylation is 1. The second-order valence-corrected chi connectivity index (χ2v) is 8.51. The molecule has 0 spiro atoms. The number of rotatable bonds is 4. The molecule has 1 aliphatic heterocycles. The molecule has 2 aliphatic carbocycles. The molecule has 2 aromatic carbocycles. The average Bonchev–Trinajstić information content (AvgIpc) is 3.63. The zero-order chi connectivity index (χ0) is 22.4. The van der Waals surface area contributed by atoms with Gasteiger partial charge in [0, 0.05) is 11.9 Å². The summed E-state index contributed by atoms with van der Waals surface area (Å²) in [5.74, 6) is -0.260. The molecule has 0 saturated heterocycles. The highest BCUT2D eigenvalue weighted by Gasteiger charge is 2.22. The Balaban J connectivity index is 1.63. The van der Waals surface area contributed by atoms with Crippen LogP contribution in [0.15, 0.2) is 84.1 Å². The first-order valence-corrected chi connectivity index (χ1v) is 11.1. The van der Waals surface area contributed by atoms with Gasteiger partial charge in [0.15, 0.2) is 0 Å². The second-order valence-electron chi connectivity index (χ2n) is 8.51. The number of nitrogens with zero attached hydrogens (tertiary/aromatic N) is 4. The van der Waals surface area contributed by atoms with E-state index in [0.717, 1.165) is 63.2 Å². The van der Waals surface area contributed by atoms with Crippen LogP contribution in [-0.2, 0) is 0 Å². The van der Waals surface area contributed by atoms with Gasteiger partial charge < -0.3 is 9.88 Å². The maximum atomic E-state index is 13.7. The van der Waals surface area contributed by atoms with Crippen molar-refractivity contribution in [3.8, 4) is 17.1 Å². The number of hydrogen-bond donors (Lipinski definition) is 1. The summed E-state index contributed by atoms with van der Waals surface area (Å²) in [6, 6.07) is 21.1. The van der Waals surface area contributed by atoms with Crippen molar-refractivity contribution in [1.82, 2.24) is 14.5 Å². The topological polar surface area (TPSA) is 55.1 Å². The zero-order valence-electron chi connectivity index (χ0n) is 18.2. The van der Waals surface area contributed by atoms with Gasteiger partial charge >= 0.3 is 0 Å². The number of hydrogen-bond acceptors (Lipinski definition) is 4. The van der Waals surface area contributed by atoms with Crippen molar-refractivity contribution in [3.05, 3.63) is 95.9 Å². The predicted octanol–water partition coefficient (Wildman–Crippen LogP) is 5.78. The number of halogens is 1. The summed E-state index contributed by atoms with van der Waals surface area (Å²) in [6.07, 6.45) is 5.86. The molecule has 33 heavy (non-hydrogen) atoms. The van der Waals surface area contributed by atoms with E-state index in [4.69, 9.17) is 9.98 Å². The molecule has 3 aromatic rings. The van der Waals surface area contributed by atoms with E-state index in [0.29, 0.717) is 6.04 Å². The third kappa shape index (κ3) is 3.84. The van der Waals surface area contributed by atoms with E-state index < -0.39 is 0 Å². The Kier molecular flexibility index (Phi) is 4.64. The van der Waals surface area contributed by atoms with E-state index in [-0.39, 0.29) is 5.82 Å². The van der Waals surface area contributed by atoms with E-state index in [1.165, 1.54) is 12.1 Å². The van der Waals surface area contributed by atoms with Crippen molar-refractivity contribution in [1.29, 1.82) is 0 Å². The molecule has 1 N–H and O–H groups in total. The number of aromatic nitrogens is 3. The van der Waals surface area contributed by atoms with Crippen molar-refractivity contribution < 1.29 is 4.39 Å². The average molecular weight is 436 g/mol. The fourth-order valence-electron chi connectivity index (χ4n) is 4.10. The largest absolute Gasteiger partial charge is 0.352 e. The molecule has 2 heterocycles. The van der Waals surface area contributed by atoms with Gasteiger partial charge in [-0.15, -0.1) is 0 Å². The summed E-state index contributed by atoms with van der Waals surface area (Å²) >= 11 is 0. The van der Waals surface area contributed by atoms with Crippen LogP contribution >= 0.6 is 0 Å². The lowest BCUT2D eigenvalue weighted by Crippen LogP contribution is -2.15. The summed E-state index contributed by atoms with van der Waals surface area (Å²) in [7, 11) is 0. The lowest BCUT2D eigenvalue weighted by Gasteiger charge is -2.20. The quantitative estimate of drug-likeness (QED) is 0.364. The first kappa shape index (κ1) is 19.6. The van der Waals surface area contributed by atoms with E-state index in [9.17, 15) is 4.39 Å². The van der Waals surface area contributed by atoms with Crippen molar-refractivity contribution in [2.75, 3.05) is 5.32 Å². The molecule has 5 nitrogen and oxygen atoms in total. The standard InChI is InChI=1S/C27H22FN5/c1-17-12-20(16-29-15-17)31-23-13-25-27(14-24(23)30-19-8-9-19)33(21-10-6-18(28)7-11-21)26-5-3-2-4-22(26)32-25/h2-7,10-16,19,31H,8-9H2,1H3. The number of pyridine rings is 1. The molecule has 3 aliphatic rings. The molecule has 6 heteroatoms. The molecular weight excluding hydrogens is 413 g/mol. The van der Waals surface area contributed by atoms with Crippen LogP contribution in [-0.4, -0.2) is 20.6 Å². The van der Waals surface area contributed by atoms with E-state index in [2.05, 4.69) is 27.0 Å². The van der Waals surface area contributed by atoms with Crippen LogP contribution in [0, 0.1) is 12.7 Å². The Bertz CT molecular complexity index is 1520. The van der Waals surface area contributed by atoms with Gasteiger partial charge in [0.2, 0.25) is 0 Å². The minimum atomic E-state index is -0.260. The first-order chi connectivity index (χ1) is 16.1. The van der Waals surface area contributed by atoms with E-state index in [1.807, 2.05) is 49.6 Å². The molecule has 0 radical (unpaired) electrons. The molecule has 1 aromatic heterocycles. The molecule has 0 atom stereocenters. The number of benzene rings is 3. The van der Waals surface area contributed by atoms with Crippen LogP contribution in [0.25, 0.3) is 28.1 Å². The Morgan fingerprint density at radius 2 is 1.82 bits per heavy atom. The van der Waals surface area contributed by atoms with Crippen LogP contribution in [0.5, 0.6) is 0 Å². The van der Waals surface area contributed by atoms with Crippen molar-refractivity contribution >= 4 is 22.4 Å². The van der Waals surface area contributed by atoms with Gasteiger partial charge in [-0.1, -0.05) is 12.1 Å². The third-order valence-electron chi connectivity index (χ3n) is 5.80. The number of fused-ring (bicyclic) bond motifs is 2. The van der Waals surface area contributed by atoms with Crippen LogP contribution in [0.1, 0.15) is 18.4 Å². The normalized spacial score (nSPS) is 14.2. The number of para-hydroxylation sites is 2. The van der Waals surface area contributed by atoms with Gasteiger partial charge in [-0.05, 0) is 79.9 Å². The molecule has 1 fully saturated rings. The summed E-state index contributed by atoms with van der Waals surface area (Å²) < 4.78 is 15.8.